The molecule has 0 bridgehead atoms. The molecule has 1 atom stereocenters. The number of nitrogens with zero attached hydrogens (tertiary/aromatic N) is 4. The highest BCUT2D eigenvalue weighted by Crippen LogP contribution is 2.16. The summed E-state index contributed by atoms with van der Waals surface area (Å²) >= 11 is 0. The van der Waals surface area contributed by atoms with E-state index in [1.165, 1.54) is 35.3 Å². The number of nitrogens with one attached hydrogen (secondary N) is 2. The Bertz CT molecular complexity index is 1210. The van der Waals surface area contributed by atoms with Crippen LogP contribution in [0.1, 0.15) is 27.5 Å². The molecule has 0 aliphatic rings. The van der Waals surface area contributed by atoms with Gasteiger partial charge in [-0.2, -0.15) is 0 Å². The van der Waals surface area contributed by atoms with Gasteiger partial charge in [0.25, 0.3) is 5.91 Å². The minimum atomic E-state index is -0.608. The molecule has 2 N–H and O–H groups in total. The second-order valence-electron chi connectivity index (χ2n) is 7.37. The number of hydrogen-bond donors (Lipinski definition) is 2. The Kier molecular flexibility index (Phi) is 6.79. The summed E-state index contributed by atoms with van der Waals surface area (Å²) in [5.41, 5.74) is 2.70. The van der Waals surface area contributed by atoms with Gasteiger partial charge in [-0.05, 0) is 58.0 Å². The van der Waals surface area contributed by atoms with Gasteiger partial charge in [-0.3, -0.25) is 9.59 Å². The van der Waals surface area contributed by atoms with Crippen LogP contribution in [-0.4, -0.2) is 32.0 Å². The molecule has 0 radical (unpaired) electrons. The first-order valence-electron chi connectivity index (χ1n) is 10.3. The lowest BCUT2D eigenvalue weighted by Gasteiger charge is -2.17. The predicted octanol–water partition coefficient (Wildman–Crippen LogP) is 3.16. The summed E-state index contributed by atoms with van der Waals surface area (Å²) in [4.78, 5) is 25.3. The molecule has 1 heterocycles. The number of anilines is 1. The molecular weight excluding hydrogens is 423 g/mol. The fraction of sp³-hybridized carbons (Fsp3) is 0.125. The highest BCUT2D eigenvalue weighted by molar-refractivity contribution is 6.04. The van der Waals surface area contributed by atoms with Crippen LogP contribution in [0.25, 0.3) is 0 Å². The minimum absolute atomic E-state index is 0.230. The van der Waals surface area contributed by atoms with Gasteiger partial charge in [0.15, 0.2) is 0 Å². The number of aromatic nitrogens is 4. The van der Waals surface area contributed by atoms with Crippen molar-refractivity contribution in [1.29, 1.82) is 0 Å². The van der Waals surface area contributed by atoms with Crippen molar-refractivity contribution in [3.05, 3.63) is 108 Å². The van der Waals surface area contributed by atoms with Gasteiger partial charge in [-0.1, -0.05) is 42.5 Å². The van der Waals surface area contributed by atoms with Crippen LogP contribution in [-0.2, 0) is 17.8 Å². The van der Waals surface area contributed by atoms with Gasteiger partial charge in [0.1, 0.15) is 18.2 Å². The van der Waals surface area contributed by atoms with Gasteiger partial charge >= 0.3 is 0 Å². The Morgan fingerprint density at radius 2 is 1.70 bits per heavy atom. The van der Waals surface area contributed by atoms with E-state index in [-0.39, 0.29) is 18.4 Å². The fourth-order valence-electron chi connectivity index (χ4n) is 3.33. The monoisotopic (exact) mass is 444 g/mol. The average Bonchev–Trinajstić information content (AvgIpc) is 3.37. The second kappa shape index (κ2) is 10.3. The first-order chi connectivity index (χ1) is 16.1. The predicted molar refractivity (Wildman–Crippen MR) is 120 cm³/mol. The summed E-state index contributed by atoms with van der Waals surface area (Å²) in [6.45, 7) is 0.256. The van der Waals surface area contributed by atoms with Gasteiger partial charge in [0, 0.05) is 24.2 Å². The Labute approximate surface area is 189 Å². The molecule has 1 aromatic heterocycles. The maximum Gasteiger partial charge on any atom is 0.255 e. The lowest BCUT2D eigenvalue weighted by Crippen LogP contribution is -2.34. The number of halogens is 1. The SMILES string of the molecule is O=C(Nc1cccc(CNC(=O)C(Cc2ccccc2)n2cnnn2)c1)c1ccc(F)cc1. The number of benzene rings is 3. The molecule has 0 aliphatic heterocycles. The molecular formula is C24H21FN6O2. The Morgan fingerprint density at radius 3 is 2.42 bits per heavy atom. The van der Waals surface area contributed by atoms with E-state index in [2.05, 4.69) is 26.2 Å². The Morgan fingerprint density at radius 1 is 0.939 bits per heavy atom. The van der Waals surface area contributed by atoms with Crippen LogP contribution in [0.5, 0.6) is 0 Å². The Balaban J connectivity index is 1.40. The van der Waals surface area contributed by atoms with E-state index in [4.69, 9.17) is 0 Å². The molecule has 166 valence electrons. The molecule has 2 amide bonds. The molecule has 0 saturated heterocycles. The van der Waals surface area contributed by atoms with Crippen molar-refractivity contribution >= 4 is 17.5 Å². The van der Waals surface area contributed by atoms with Gasteiger partial charge < -0.3 is 10.6 Å². The van der Waals surface area contributed by atoms with Crippen LogP contribution in [0, 0.1) is 5.82 Å². The quantitative estimate of drug-likeness (QED) is 0.435. The Hall–Kier alpha value is -4.40. The van der Waals surface area contributed by atoms with Crippen LogP contribution in [0.4, 0.5) is 10.1 Å². The van der Waals surface area contributed by atoms with Crippen molar-refractivity contribution in [2.45, 2.75) is 19.0 Å². The van der Waals surface area contributed by atoms with Crippen LogP contribution in [0.2, 0.25) is 0 Å². The molecule has 4 rings (SSSR count). The first-order valence-corrected chi connectivity index (χ1v) is 10.3. The fourth-order valence-corrected chi connectivity index (χ4v) is 3.33. The number of tetrazole rings is 1. The van der Waals surface area contributed by atoms with Crippen molar-refractivity contribution in [3.8, 4) is 0 Å². The molecule has 1 unspecified atom stereocenters. The molecule has 3 aromatic carbocycles. The van der Waals surface area contributed by atoms with E-state index < -0.39 is 11.9 Å². The van der Waals surface area contributed by atoms with Gasteiger partial charge in [-0.25, -0.2) is 9.07 Å². The maximum absolute atomic E-state index is 13.1. The lowest BCUT2D eigenvalue weighted by molar-refractivity contribution is -0.124. The molecule has 4 aromatic rings. The third-order valence-corrected chi connectivity index (χ3v) is 5.02. The number of amides is 2. The number of carbonyl (C=O) groups excluding carboxylic acids is 2. The number of hydrogen-bond acceptors (Lipinski definition) is 5. The first kappa shape index (κ1) is 21.8. The molecule has 0 fully saturated rings. The number of rotatable bonds is 8. The molecule has 0 saturated carbocycles. The summed E-state index contributed by atoms with van der Waals surface area (Å²) in [5, 5.41) is 16.9. The molecule has 8 nitrogen and oxygen atoms in total. The summed E-state index contributed by atoms with van der Waals surface area (Å²) in [6.07, 6.45) is 1.85. The third-order valence-electron chi connectivity index (χ3n) is 5.02. The summed E-state index contributed by atoms with van der Waals surface area (Å²) < 4.78 is 14.5. The van der Waals surface area contributed by atoms with E-state index in [0.29, 0.717) is 17.7 Å². The van der Waals surface area contributed by atoms with E-state index in [1.54, 1.807) is 18.2 Å². The highest BCUT2D eigenvalue weighted by atomic mass is 19.1. The normalized spacial score (nSPS) is 11.5. The molecule has 0 spiro atoms. The zero-order valence-corrected chi connectivity index (χ0v) is 17.6. The largest absolute Gasteiger partial charge is 0.350 e. The van der Waals surface area contributed by atoms with Crippen LogP contribution >= 0.6 is 0 Å². The van der Waals surface area contributed by atoms with Crippen LogP contribution in [0.15, 0.2) is 85.2 Å². The summed E-state index contributed by atoms with van der Waals surface area (Å²) in [7, 11) is 0. The van der Waals surface area contributed by atoms with E-state index in [0.717, 1.165) is 11.1 Å². The van der Waals surface area contributed by atoms with Crippen molar-refractivity contribution in [1.82, 2.24) is 25.5 Å². The highest BCUT2D eigenvalue weighted by Gasteiger charge is 2.22. The van der Waals surface area contributed by atoms with Crippen molar-refractivity contribution in [2.24, 2.45) is 0 Å². The summed E-state index contributed by atoms with van der Waals surface area (Å²) in [6, 6.07) is 21.5. The topological polar surface area (TPSA) is 102 Å². The van der Waals surface area contributed by atoms with Crippen LogP contribution < -0.4 is 10.6 Å². The standard InChI is InChI=1S/C24H21FN6O2/c25-20-11-9-19(10-12-20)23(32)28-21-8-4-7-18(13-21)15-26-24(33)22(31-16-27-29-30-31)14-17-5-2-1-3-6-17/h1-13,16,22H,14-15H2,(H,26,33)(H,28,32). The van der Waals surface area contributed by atoms with Crippen molar-refractivity contribution in [2.75, 3.05) is 5.32 Å². The van der Waals surface area contributed by atoms with Gasteiger partial charge in [0.05, 0.1) is 0 Å². The van der Waals surface area contributed by atoms with Crippen LogP contribution in [0.3, 0.4) is 0 Å². The zero-order chi connectivity index (χ0) is 23.0. The number of carbonyl (C=O) groups is 2. The third kappa shape index (κ3) is 5.85. The molecule has 9 heteroatoms. The zero-order valence-electron chi connectivity index (χ0n) is 17.6. The van der Waals surface area contributed by atoms with E-state index in [9.17, 15) is 14.0 Å². The smallest absolute Gasteiger partial charge is 0.255 e. The van der Waals surface area contributed by atoms with Gasteiger partial charge in [-0.15, -0.1) is 5.10 Å². The maximum atomic E-state index is 13.1. The van der Waals surface area contributed by atoms with E-state index in [1.807, 2.05) is 36.4 Å². The van der Waals surface area contributed by atoms with E-state index >= 15 is 0 Å². The lowest BCUT2D eigenvalue weighted by atomic mass is 10.1. The second-order valence-corrected chi connectivity index (χ2v) is 7.37. The summed E-state index contributed by atoms with van der Waals surface area (Å²) in [5.74, 6) is -0.985. The minimum Gasteiger partial charge on any atom is -0.350 e. The van der Waals surface area contributed by atoms with Crippen molar-refractivity contribution < 1.29 is 14.0 Å². The molecule has 33 heavy (non-hydrogen) atoms. The average molecular weight is 444 g/mol. The molecule has 0 aliphatic carbocycles. The van der Waals surface area contributed by atoms with Crippen molar-refractivity contribution in [3.63, 3.8) is 0 Å². The van der Waals surface area contributed by atoms with Gasteiger partial charge in [0.2, 0.25) is 5.91 Å².